The number of carbonyl (C=O) groups excluding carboxylic acids is 2. The fourth-order valence-electron chi connectivity index (χ4n) is 6.51. The monoisotopic (exact) mass is 739 g/mol. The number of benzene rings is 2. The van der Waals surface area contributed by atoms with Crippen LogP contribution >= 0.6 is 11.6 Å². The third-order valence-corrected chi connectivity index (χ3v) is 9.57. The minimum Gasteiger partial charge on any atom is -0.405 e. The van der Waals surface area contributed by atoms with E-state index in [0.29, 0.717) is 31.0 Å². The van der Waals surface area contributed by atoms with E-state index < -0.39 is 23.4 Å². The van der Waals surface area contributed by atoms with Gasteiger partial charge in [-0.25, -0.2) is 9.97 Å². The Morgan fingerprint density at radius 2 is 1.73 bits per heavy atom. The van der Waals surface area contributed by atoms with Crippen molar-refractivity contribution in [3.05, 3.63) is 77.3 Å². The highest BCUT2D eigenvalue weighted by atomic mass is 35.5. The van der Waals surface area contributed by atoms with Gasteiger partial charge >= 0.3 is 6.36 Å². The van der Waals surface area contributed by atoms with Gasteiger partial charge in [0.2, 0.25) is 5.91 Å². The first-order valence-corrected chi connectivity index (χ1v) is 17.3. The number of hydrogen-bond acceptors (Lipinski definition) is 8. The zero-order valence-corrected chi connectivity index (χ0v) is 30.2. The zero-order valence-electron chi connectivity index (χ0n) is 29.5. The number of nitrogens with one attached hydrogen (secondary N) is 3. The minimum absolute atomic E-state index is 0.00466. The summed E-state index contributed by atoms with van der Waals surface area (Å²) in [7, 11) is 1.67. The molecule has 2 saturated heterocycles. The highest BCUT2D eigenvalue weighted by Gasteiger charge is 2.34. The first kappa shape index (κ1) is 37.1. The molecule has 0 spiro atoms. The lowest BCUT2D eigenvalue weighted by atomic mass is 9.94. The van der Waals surface area contributed by atoms with E-state index in [1.54, 1.807) is 49.7 Å². The van der Waals surface area contributed by atoms with Crippen LogP contribution in [0.3, 0.4) is 0 Å². The molecular weight excluding hydrogens is 699 g/mol. The number of anilines is 2. The van der Waals surface area contributed by atoms with Crippen LogP contribution in [0.25, 0.3) is 22.4 Å². The molecule has 6 rings (SSSR count). The highest BCUT2D eigenvalue weighted by Crippen LogP contribution is 2.41. The van der Waals surface area contributed by atoms with Crippen LogP contribution in [0.15, 0.2) is 60.9 Å². The largest absolute Gasteiger partial charge is 0.573 e. The summed E-state index contributed by atoms with van der Waals surface area (Å²) in [6.45, 7) is 10.1. The second-order valence-corrected chi connectivity index (χ2v) is 14.5. The van der Waals surface area contributed by atoms with E-state index in [1.165, 1.54) is 12.3 Å². The summed E-state index contributed by atoms with van der Waals surface area (Å²) >= 11 is 6.54. The van der Waals surface area contributed by atoms with E-state index in [-0.39, 0.29) is 45.9 Å². The summed E-state index contributed by atoms with van der Waals surface area (Å²) in [5, 5.41) is 5.98. The van der Waals surface area contributed by atoms with Crippen LogP contribution < -0.4 is 20.3 Å². The molecule has 4 heterocycles. The average molecular weight is 740 g/mol. The standard InChI is InChI=1S/C37H41ClF3N7O4/c1-21-20-47(35(50)36(2,3)4)12-13-48(21)32-11-10-24(17-43-32)34(49)46-28-16-31(52-37(39,40)41)26(15-27(28)38)22-6-8-23(9-7-22)30-19-44-33(45-30)29-14-25(51-5)18-42-29/h6-11,15-17,19,21,25,29,42H,12-14,18,20H2,1-5H3,(H,44,45)(H,46,49)/t21-,25+,29+/m1/s1. The predicted molar refractivity (Wildman–Crippen MR) is 192 cm³/mol. The fourth-order valence-corrected chi connectivity index (χ4v) is 6.72. The number of amides is 2. The molecule has 2 aliphatic heterocycles. The van der Waals surface area contributed by atoms with Gasteiger partial charge in [0.15, 0.2) is 0 Å². The third-order valence-electron chi connectivity index (χ3n) is 9.26. The van der Waals surface area contributed by atoms with E-state index in [1.807, 2.05) is 32.6 Å². The van der Waals surface area contributed by atoms with Crippen LogP contribution in [0.4, 0.5) is 24.7 Å². The maximum atomic E-state index is 13.6. The van der Waals surface area contributed by atoms with Gasteiger partial charge in [-0.2, -0.15) is 0 Å². The molecule has 276 valence electrons. The Morgan fingerprint density at radius 1 is 1.00 bits per heavy atom. The van der Waals surface area contributed by atoms with Crippen LogP contribution in [-0.2, 0) is 9.53 Å². The number of pyridine rings is 1. The summed E-state index contributed by atoms with van der Waals surface area (Å²) in [4.78, 5) is 42.2. The topological polar surface area (TPSA) is 125 Å². The van der Waals surface area contributed by atoms with E-state index in [4.69, 9.17) is 16.3 Å². The van der Waals surface area contributed by atoms with Gasteiger partial charge in [-0.1, -0.05) is 56.6 Å². The van der Waals surface area contributed by atoms with Crippen LogP contribution in [0, 0.1) is 5.41 Å². The number of H-pyrrole nitrogens is 1. The number of ether oxygens (including phenoxy) is 2. The number of halogens is 4. The van der Waals surface area contributed by atoms with Gasteiger partial charge in [-0.3, -0.25) is 9.59 Å². The molecule has 0 unspecified atom stereocenters. The van der Waals surface area contributed by atoms with E-state index in [0.717, 1.165) is 36.1 Å². The number of imidazole rings is 1. The maximum absolute atomic E-state index is 13.6. The van der Waals surface area contributed by atoms with Crippen molar-refractivity contribution in [1.29, 1.82) is 0 Å². The van der Waals surface area contributed by atoms with Gasteiger partial charge in [0.05, 0.1) is 40.3 Å². The number of aromatic nitrogens is 3. The number of hydrogen-bond donors (Lipinski definition) is 3. The predicted octanol–water partition coefficient (Wildman–Crippen LogP) is 7.08. The van der Waals surface area contributed by atoms with Crippen molar-refractivity contribution >= 4 is 34.9 Å². The Bertz CT molecular complexity index is 1910. The molecular formula is C37H41ClF3N7O4. The molecule has 2 fully saturated rings. The molecule has 15 heteroatoms. The van der Waals surface area contributed by atoms with Gasteiger partial charge in [-0.05, 0) is 42.7 Å². The van der Waals surface area contributed by atoms with E-state index >= 15 is 0 Å². The van der Waals surface area contributed by atoms with Crippen molar-refractivity contribution < 1.29 is 32.2 Å². The highest BCUT2D eigenvalue weighted by molar-refractivity contribution is 6.34. The van der Waals surface area contributed by atoms with Crippen molar-refractivity contribution in [2.75, 3.05) is 43.5 Å². The molecule has 4 aromatic rings. The third kappa shape index (κ3) is 8.35. The number of rotatable bonds is 8. The molecule has 3 N–H and O–H groups in total. The molecule has 0 bridgehead atoms. The lowest BCUT2D eigenvalue weighted by molar-refractivity contribution is -0.274. The smallest absolute Gasteiger partial charge is 0.405 e. The number of nitrogens with zero attached hydrogens (tertiary/aromatic N) is 4. The van der Waals surface area contributed by atoms with Crippen molar-refractivity contribution in [3.8, 4) is 28.1 Å². The quantitative estimate of drug-likeness (QED) is 0.175. The van der Waals surface area contributed by atoms with Crippen molar-refractivity contribution in [1.82, 2.24) is 25.2 Å². The molecule has 52 heavy (non-hydrogen) atoms. The van der Waals surface area contributed by atoms with Gasteiger partial charge < -0.3 is 34.9 Å². The van der Waals surface area contributed by atoms with Gasteiger partial charge in [0, 0.05) is 62.6 Å². The van der Waals surface area contributed by atoms with Gasteiger partial charge in [-0.15, -0.1) is 13.2 Å². The molecule has 0 aliphatic carbocycles. The summed E-state index contributed by atoms with van der Waals surface area (Å²) in [5.74, 6) is 0.351. The Morgan fingerprint density at radius 3 is 2.35 bits per heavy atom. The maximum Gasteiger partial charge on any atom is 0.573 e. The molecule has 3 atom stereocenters. The molecule has 2 amide bonds. The zero-order chi connectivity index (χ0) is 37.4. The van der Waals surface area contributed by atoms with Crippen LogP contribution in [0.1, 0.15) is 56.3 Å². The number of alkyl halides is 3. The summed E-state index contributed by atoms with van der Waals surface area (Å²) < 4.78 is 50.6. The Kier molecular flexibility index (Phi) is 10.5. The van der Waals surface area contributed by atoms with Gasteiger partial charge in [0.25, 0.3) is 5.91 Å². The lowest BCUT2D eigenvalue weighted by Gasteiger charge is -2.42. The van der Waals surface area contributed by atoms with Crippen LogP contribution in [0.5, 0.6) is 5.75 Å². The number of methoxy groups -OCH3 is 1. The van der Waals surface area contributed by atoms with Crippen LogP contribution in [-0.4, -0.2) is 83.5 Å². The van der Waals surface area contributed by atoms with Gasteiger partial charge in [0.1, 0.15) is 17.4 Å². The summed E-state index contributed by atoms with van der Waals surface area (Å²) in [6.07, 6.45) is -1.01. The van der Waals surface area contributed by atoms with Crippen LogP contribution in [0.2, 0.25) is 5.02 Å². The Labute approximate surface area is 304 Å². The molecule has 0 radical (unpaired) electrons. The van der Waals surface area contributed by atoms with Crippen molar-refractivity contribution in [2.24, 2.45) is 5.41 Å². The molecule has 2 aliphatic rings. The molecule has 11 nitrogen and oxygen atoms in total. The number of piperazine rings is 1. The molecule has 2 aromatic carbocycles. The second kappa shape index (κ2) is 14.8. The first-order chi connectivity index (χ1) is 24.6. The SMILES string of the molecule is CO[C@@H]1CN[C@H](c2ncc(-c3ccc(-c4cc(Cl)c(NC(=O)c5ccc(N6CCN(C(=O)C(C)(C)C)C[C@H]6C)nc5)cc4OC(F)(F)F)cc3)[nH]2)C1. The number of carbonyl (C=O) groups is 2. The fraction of sp³-hybridized carbons (Fsp3) is 0.405. The number of aromatic amines is 1. The average Bonchev–Trinajstić information content (AvgIpc) is 3.79. The minimum atomic E-state index is -5.01. The lowest BCUT2D eigenvalue weighted by Crippen LogP contribution is -2.56. The van der Waals surface area contributed by atoms with E-state index in [9.17, 15) is 22.8 Å². The summed E-state index contributed by atoms with van der Waals surface area (Å²) in [6, 6.07) is 12.5. The van der Waals surface area contributed by atoms with Crippen molar-refractivity contribution in [3.63, 3.8) is 0 Å². The molecule has 0 saturated carbocycles. The molecule has 2 aromatic heterocycles. The summed E-state index contributed by atoms with van der Waals surface area (Å²) in [5.41, 5.74) is 1.67. The second-order valence-electron chi connectivity index (χ2n) is 14.1. The first-order valence-electron chi connectivity index (χ1n) is 16.9. The van der Waals surface area contributed by atoms with E-state index in [2.05, 4.69) is 35.2 Å². The Balaban J connectivity index is 1.16. The normalized spacial score (nSPS) is 19.5. The Hall–Kier alpha value is -4.66. The van der Waals surface area contributed by atoms with Crippen molar-refractivity contribution in [2.45, 2.75) is 58.7 Å².